The van der Waals surface area contributed by atoms with Crippen LogP contribution in [0.5, 0.6) is 0 Å². The van der Waals surface area contributed by atoms with Crippen LogP contribution in [-0.2, 0) is 21.3 Å². The fourth-order valence-corrected chi connectivity index (χ4v) is 5.95. The van der Waals surface area contributed by atoms with E-state index in [9.17, 15) is 8.42 Å². The van der Waals surface area contributed by atoms with Crippen LogP contribution in [0.25, 0.3) is 10.9 Å². The van der Waals surface area contributed by atoms with E-state index in [0.717, 1.165) is 43.5 Å². The summed E-state index contributed by atoms with van der Waals surface area (Å²) in [6.45, 7) is 6.72. The predicted octanol–water partition coefficient (Wildman–Crippen LogP) is 4.97. The van der Waals surface area contributed by atoms with Crippen molar-refractivity contribution in [2.75, 3.05) is 24.1 Å². The van der Waals surface area contributed by atoms with Crippen molar-refractivity contribution in [2.24, 2.45) is 11.8 Å². The van der Waals surface area contributed by atoms with Crippen molar-refractivity contribution in [3.05, 3.63) is 53.7 Å². The van der Waals surface area contributed by atoms with Gasteiger partial charge in [-0.3, -0.25) is 8.99 Å². The van der Waals surface area contributed by atoms with Crippen LogP contribution in [0.2, 0.25) is 5.02 Å². The second-order valence-corrected chi connectivity index (χ2v) is 10.8. The Labute approximate surface area is 188 Å². The van der Waals surface area contributed by atoms with Gasteiger partial charge in [-0.25, -0.2) is 8.42 Å². The van der Waals surface area contributed by atoms with E-state index in [-0.39, 0.29) is 10.8 Å². The van der Waals surface area contributed by atoms with Gasteiger partial charge in [0.2, 0.25) is 0 Å². The van der Waals surface area contributed by atoms with Crippen LogP contribution >= 0.6 is 11.6 Å². The molecule has 6 nitrogen and oxygen atoms in total. The number of ether oxygens (including phenoxy) is 1. The summed E-state index contributed by atoms with van der Waals surface area (Å²) in [5.74, 6) is 0.666. The predicted molar refractivity (Wildman–Crippen MR) is 124 cm³/mol. The Morgan fingerprint density at radius 1 is 1.19 bits per heavy atom. The van der Waals surface area contributed by atoms with E-state index in [0.29, 0.717) is 23.2 Å². The summed E-state index contributed by atoms with van der Waals surface area (Å²) in [4.78, 5) is 0.242. The van der Waals surface area contributed by atoms with Gasteiger partial charge < -0.3 is 4.74 Å². The van der Waals surface area contributed by atoms with Crippen molar-refractivity contribution in [3.8, 4) is 0 Å². The molecule has 3 aromatic rings. The lowest BCUT2D eigenvalue weighted by atomic mass is 10.0. The minimum atomic E-state index is -3.79. The van der Waals surface area contributed by atoms with Crippen LogP contribution in [-0.4, -0.2) is 38.0 Å². The number of sulfonamides is 1. The Kier molecular flexibility index (Phi) is 6.55. The smallest absolute Gasteiger partial charge is 0.264 e. The molecule has 1 fully saturated rings. The number of fused-ring (bicyclic) bond motifs is 1. The molecule has 8 heteroatoms. The number of hydrogen-bond donors (Lipinski definition) is 0. The molecule has 2 heterocycles. The van der Waals surface area contributed by atoms with Gasteiger partial charge in [-0.15, -0.1) is 0 Å². The Balaban J connectivity index is 1.68. The molecule has 0 unspecified atom stereocenters. The fraction of sp³-hybridized carbons (Fsp3) is 0.435. The highest BCUT2D eigenvalue weighted by Crippen LogP contribution is 2.32. The topological polar surface area (TPSA) is 64.4 Å². The maximum absolute atomic E-state index is 13.6. The van der Waals surface area contributed by atoms with Crippen molar-refractivity contribution in [3.63, 3.8) is 0 Å². The quantitative estimate of drug-likeness (QED) is 0.498. The summed E-state index contributed by atoms with van der Waals surface area (Å²) in [6.07, 6.45) is 3.79. The second-order valence-electron chi connectivity index (χ2n) is 8.48. The molecule has 0 N–H and O–H groups in total. The van der Waals surface area contributed by atoms with E-state index in [4.69, 9.17) is 16.3 Å². The van der Waals surface area contributed by atoms with Crippen molar-refractivity contribution < 1.29 is 13.2 Å². The molecule has 1 aromatic heterocycles. The molecule has 0 atom stereocenters. The average molecular weight is 462 g/mol. The van der Waals surface area contributed by atoms with E-state index < -0.39 is 10.0 Å². The monoisotopic (exact) mass is 461 g/mol. The van der Waals surface area contributed by atoms with Gasteiger partial charge in [0.1, 0.15) is 0 Å². The minimum absolute atomic E-state index is 0.136. The van der Waals surface area contributed by atoms with Crippen molar-refractivity contribution in [2.45, 2.75) is 38.1 Å². The van der Waals surface area contributed by atoms with Gasteiger partial charge in [0.05, 0.1) is 27.3 Å². The second kappa shape index (κ2) is 9.18. The molecule has 1 saturated heterocycles. The molecule has 0 radical (unpaired) electrons. The Morgan fingerprint density at radius 3 is 2.65 bits per heavy atom. The van der Waals surface area contributed by atoms with Gasteiger partial charge in [-0.1, -0.05) is 37.6 Å². The SMILES string of the molecule is CC(C)CN(c1ccccc1Cl)S(=O)(=O)c1ccc2c(cnn2CC2CCOCC2)c1. The van der Waals surface area contributed by atoms with Crippen molar-refractivity contribution in [1.82, 2.24) is 9.78 Å². The third kappa shape index (κ3) is 4.73. The fourth-order valence-electron chi connectivity index (χ4n) is 3.98. The molecule has 4 rings (SSSR count). The first-order chi connectivity index (χ1) is 14.9. The maximum atomic E-state index is 13.6. The lowest BCUT2D eigenvalue weighted by Gasteiger charge is -2.27. The van der Waals surface area contributed by atoms with Crippen LogP contribution in [0.15, 0.2) is 53.6 Å². The molecular formula is C23H28ClN3O3S. The normalized spacial score (nSPS) is 15.6. The number of aromatic nitrogens is 2. The molecular weight excluding hydrogens is 434 g/mol. The number of halogens is 1. The summed E-state index contributed by atoms with van der Waals surface area (Å²) < 4.78 is 36.1. The Bertz CT molecular complexity index is 1150. The first-order valence-corrected chi connectivity index (χ1v) is 12.5. The molecule has 1 aliphatic heterocycles. The van der Waals surface area contributed by atoms with E-state index in [1.807, 2.05) is 24.6 Å². The number of nitrogens with zero attached hydrogens (tertiary/aromatic N) is 3. The van der Waals surface area contributed by atoms with E-state index in [1.54, 1.807) is 42.6 Å². The molecule has 0 saturated carbocycles. The number of hydrogen-bond acceptors (Lipinski definition) is 4. The molecule has 1 aliphatic rings. The van der Waals surface area contributed by atoms with Gasteiger partial charge in [0.15, 0.2) is 0 Å². The highest BCUT2D eigenvalue weighted by atomic mass is 35.5. The number of rotatable bonds is 7. The number of benzene rings is 2. The van der Waals surface area contributed by atoms with E-state index in [2.05, 4.69) is 5.10 Å². The standard InChI is InChI=1S/C23H28ClN3O3S/c1-17(2)15-27(23-6-4-3-5-21(23)24)31(28,29)20-7-8-22-19(13-20)14-25-26(22)16-18-9-11-30-12-10-18/h3-8,13-14,17-18H,9-12,15-16H2,1-2H3. The minimum Gasteiger partial charge on any atom is -0.381 e. The third-order valence-electron chi connectivity index (χ3n) is 5.63. The van der Waals surface area contributed by atoms with Crippen LogP contribution in [0, 0.1) is 11.8 Å². The Hall–Kier alpha value is -2.09. The molecule has 0 bridgehead atoms. The summed E-state index contributed by atoms with van der Waals surface area (Å²) >= 11 is 6.36. The lowest BCUT2D eigenvalue weighted by molar-refractivity contribution is 0.0605. The van der Waals surface area contributed by atoms with Gasteiger partial charge in [-0.05, 0) is 55.0 Å². The highest BCUT2D eigenvalue weighted by molar-refractivity contribution is 7.92. The van der Waals surface area contributed by atoms with Crippen LogP contribution in [0.4, 0.5) is 5.69 Å². The van der Waals surface area contributed by atoms with Crippen LogP contribution < -0.4 is 4.31 Å². The van der Waals surface area contributed by atoms with Gasteiger partial charge >= 0.3 is 0 Å². The van der Waals surface area contributed by atoms with Crippen molar-refractivity contribution >= 4 is 38.2 Å². The summed E-state index contributed by atoms with van der Waals surface area (Å²) in [5.41, 5.74) is 1.44. The van der Waals surface area contributed by atoms with Crippen LogP contribution in [0.3, 0.4) is 0 Å². The summed E-state index contributed by atoms with van der Waals surface area (Å²) in [6, 6.07) is 12.3. The largest absolute Gasteiger partial charge is 0.381 e. The zero-order valence-corrected chi connectivity index (χ0v) is 19.4. The first kappa shape index (κ1) is 22.1. The molecule has 2 aromatic carbocycles. The molecule has 166 valence electrons. The van der Waals surface area contributed by atoms with Gasteiger partial charge in [0.25, 0.3) is 10.0 Å². The molecule has 0 aliphatic carbocycles. The summed E-state index contributed by atoms with van der Waals surface area (Å²) in [7, 11) is -3.79. The highest BCUT2D eigenvalue weighted by Gasteiger charge is 2.28. The average Bonchev–Trinajstić information content (AvgIpc) is 3.15. The van der Waals surface area contributed by atoms with E-state index in [1.165, 1.54) is 4.31 Å². The number of para-hydroxylation sites is 1. The van der Waals surface area contributed by atoms with Gasteiger partial charge in [-0.2, -0.15) is 5.10 Å². The number of anilines is 1. The van der Waals surface area contributed by atoms with E-state index >= 15 is 0 Å². The molecule has 0 amide bonds. The maximum Gasteiger partial charge on any atom is 0.264 e. The third-order valence-corrected chi connectivity index (χ3v) is 7.72. The first-order valence-electron chi connectivity index (χ1n) is 10.7. The molecule has 0 spiro atoms. The van der Waals surface area contributed by atoms with Gasteiger partial charge in [0, 0.05) is 31.7 Å². The Morgan fingerprint density at radius 2 is 1.94 bits per heavy atom. The van der Waals surface area contributed by atoms with Crippen molar-refractivity contribution in [1.29, 1.82) is 0 Å². The summed E-state index contributed by atoms with van der Waals surface area (Å²) in [5, 5.41) is 5.75. The lowest BCUT2D eigenvalue weighted by Crippen LogP contribution is -2.34. The zero-order valence-electron chi connectivity index (χ0n) is 17.9. The molecule has 31 heavy (non-hydrogen) atoms. The zero-order chi connectivity index (χ0) is 22.0. The van der Waals surface area contributed by atoms with Crippen LogP contribution in [0.1, 0.15) is 26.7 Å².